The molecule has 15 heavy (non-hydrogen) atoms. The summed E-state index contributed by atoms with van der Waals surface area (Å²) in [5.74, 6) is 1.26. The number of rotatable bonds is 5. The molecule has 0 saturated heterocycles. The molecule has 0 radical (unpaired) electrons. The molecule has 0 aromatic carbocycles. The zero-order chi connectivity index (χ0) is 11.4. The molecule has 0 amide bonds. The molecule has 1 aromatic heterocycles. The Balaban J connectivity index is 2.85. The summed E-state index contributed by atoms with van der Waals surface area (Å²) in [6, 6.07) is 0.577. The summed E-state index contributed by atoms with van der Waals surface area (Å²) >= 11 is 0. The molecule has 0 spiro atoms. The van der Waals surface area contributed by atoms with Crippen molar-refractivity contribution < 1.29 is 0 Å². The quantitative estimate of drug-likeness (QED) is 0.715. The van der Waals surface area contributed by atoms with Gasteiger partial charge in [0.05, 0.1) is 6.33 Å². The van der Waals surface area contributed by atoms with Crippen LogP contribution in [-0.2, 0) is 0 Å². The summed E-state index contributed by atoms with van der Waals surface area (Å²) in [5, 5.41) is 0. The van der Waals surface area contributed by atoms with Crippen molar-refractivity contribution in [2.75, 3.05) is 0 Å². The van der Waals surface area contributed by atoms with Crippen molar-refractivity contribution in [3.63, 3.8) is 0 Å². The Hall–Kier alpha value is -0.790. The molecule has 1 aromatic rings. The second kappa shape index (κ2) is 5.34. The van der Waals surface area contributed by atoms with Gasteiger partial charge in [-0.15, -0.1) is 0 Å². The maximum absolute atomic E-state index is 4.29. The van der Waals surface area contributed by atoms with Crippen molar-refractivity contribution in [1.82, 2.24) is 9.55 Å². The van der Waals surface area contributed by atoms with E-state index in [9.17, 15) is 0 Å². The Morgan fingerprint density at radius 3 is 2.47 bits per heavy atom. The predicted molar refractivity (Wildman–Crippen MR) is 65.1 cm³/mol. The minimum atomic E-state index is 0.577. The molecular formula is C13H24N2. The van der Waals surface area contributed by atoms with Gasteiger partial charge in [-0.1, -0.05) is 34.1 Å². The van der Waals surface area contributed by atoms with E-state index in [4.69, 9.17) is 0 Å². The predicted octanol–water partition coefficient (Wildman–Crippen LogP) is 4.00. The van der Waals surface area contributed by atoms with Gasteiger partial charge >= 0.3 is 0 Å². The van der Waals surface area contributed by atoms with Gasteiger partial charge in [-0.25, -0.2) is 4.98 Å². The number of aromatic nitrogens is 2. The van der Waals surface area contributed by atoms with Crippen LogP contribution in [0.2, 0.25) is 0 Å². The molecule has 0 fully saturated rings. The van der Waals surface area contributed by atoms with E-state index in [0.717, 1.165) is 0 Å². The molecule has 0 aliphatic carbocycles. The second-order valence-corrected chi connectivity index (χ2v) is 4.90. The summed E-state index contributed by atoms with van der Waals surface area (Å²) in [6.07, 6.45) is 6.47. The van der Waals surface area contributed by atoms with E-state index in [0.29, 0.717) is 17.9 Å². The Morgan fingerprint density at radius 1 is 1.27 bits per heavy atom. The van der Waals surface area contributed by atoms with E-state index in [2.05, 4.69) is 44.2 Å². The van der Waals surface area contributed by atoms with Crippen LogP contribution in [0.5, 0.6) is 0 Å². The van der Waals surface area contributed by atoms with Gasteiger partial charge in [0, 0.05) is 23.9 Å². The van der Waals surface area contributed by atoms with Crippen molar-refractivity contribution >= 4 is 0 Å². The maximum atomic E-state index is 4.29. The van der Waals surface area contributed by atoms with Gasteiger partial charge in [-0.2, -0.15) is 0 Å². The van der Waals surface area contributed by atoms with E-state index in [1.165, 1.54) is 18.5 Å². The monoisotopic (exact) mass is 208 g/mol. The van der Waals surface area contributed by atoms with Gasteiger partial charge < -0.3 is 4.57 Å². The largest absolute Gasteiger partial charge is 0.332 e. The van der Waals surface area contributed by atoms with E-state index < -0.39 is 0 Å². The number of hydrogen-bond acceptors (Lipinski definition) is 1. The second-order valence-electron chi connectivity index (χ2n) is 4.90. The van der Waals surface area contributed by atoms with Crippen molar-refractivity contribution in [2.24, 2.45) is 5.92 Å². The van der Waals surface area contributed by atoms with E-state index in [1.54, 1.807) is 0 Å². The van der Waals surface area contributed by atoms with Crippen molar-refractivity contribution in [1.29, 1.82) is 0 Å². The highest BCUT2D eigenvalue weighted by Crippen LogP contribution is 2.26. The summed E-state index contributed by atoms with van der Waals surface area (Å²) in [5.41, 5.74) is 1.38. The molecular weight excluding hydrogens is 184 g/mol. The highest BCUT2D eigenvalue weighted by molar-refractivity contribution is 5.07. The lowest BCUT2D eigenvalue weighted by atomic mass is 9.94. The number of hydrogen-bond donors (Lipinski definition) is 0. The summed E-state index contributed by atoms with van der Waals surface area (Å²) in [7, 11) is 0. The first kappa shape index (κ1) is 12.3. The Bertz CT molecular complexity index is 288. The van der Waals surface area contributed by atoms with Crippen LogP contribution in [-0.4, -0.2) is 9.55 Å². The highest BCUT2D eigenvalue weighted by atomic mass is 15.1. The SMILES string of the molecule is CCCC(C)n1cncc1C(C)C(C)C. The lowest BCUT2D eigenvalue weighted by Gasteiger charge is -2.21. The Kier molecular flexibility index (Phi) is 4.37. The lowest BCUT2D eigenvalue weighted by Crippen LogP contribution is -2.12. The molecule has 0 bridgehead atoms. The van der Waals surface area contributed by atoms with Crippen LogP contribution in [0.3, 0.4) is 0 Å². The first-order chi connectivity index (χ1) is 7.07. The Labute approximate surface area is 93.7 Å². The summed E-state index contributed by atoms with van der Waals surface area (Å²) in [6.45, 7) is 11.3. The molecule has 0 saturated carbocycles. The zero-order valence-corrected chi connectivity index (χ0v) is 10.7. The van der Waals surface area contributed by atoms with Crippen molar-refractivity contribution in [2.45, 2.75) is 59.4 Å². The molecule has 0 N–H and O–H groups in total. The smallest absolute Gasteiger partial charge is 0.0950 e. The van der Waals surface area contributed by atoms with Crippen LogP contribution >= 0.6 is 0 Å². The third-order valence-electron chi connectivity index (χ3n) is 3.34. The fourth-order valence-electron chi connectivity index (χ4n) is 1.93. The summed E-state index contributed by atoms with van der Waals surface area (Å²) < 4.78 is 2.34. The molecule has 2 nitrogen and oxygen atoms in total. The highest BCUT2D eigenvalue weighted by Gasteiger charge is 2.16. The van der Waals surface area contributed by atoms with Crippen LogP contribution in [0.15, 0.2) is 12.5 Å². The topological polar surface area (TPSA) is 17.8 Å². The Morgan fingerprint density at radius 2 is 1.93 bits per heavy atom. The standard InChI is InChI=1S/C13H24N2/c1-6-7-11(4)15-9-14-8-13(15)12(5)10(2)3/h8-12H,6-7H2,1-5H3. The zero-order valence-electron chi connectivity index (χ0n) is 10.7. The van der Waals surface area contributed by atoms with Crippen LogP contribution in [0.1, 0.15) is 65.1 Å². The molecule has 0 aliphatic heterocycles. The van der Waals surface area contributed by atoms with Gasteiger partial charge in [0.15, 0.2) is 0 Å². The van der Waals surface area contributed by atoms with Gasteiger partial charge in [0.1, 0.15) is 0 Å². The van der Waals surface area contributed by atoms with Gasteiger partial charge in [-0.3, -0.25) is 0 Å². The van der Waals surface area contributed by atoms with E-state index >= 15 is 0 Å². The average Bonchev–Trinajstić information content (AvgIpc) is 2.65. The molecule has 0 aliphatic rings. The van der Waals surface area contributed by atoms with E-state index in [1.807, 2.05) is 12.5 Å². The van der Waals surface area contributed by atoms with Crippen LogP contribution in [0.25, 0.3) is 0 Å². The summed E-state index contributed by atoms with van der Waals surface area (Å²) in [4.78, 5) is 4.29. The normalized spacial score (nSPS) is 15.6. The molecule has 2 heteroatoms. The minimum absolute atomic E-state index is 0.577. The van der Waals surface area contributed by atoms with Crippen LogP contribution in [0, 0.1) is 5.92 Å². The minimum Gasteiger partial charge on any atom is -0.332 e. The molecule has 86 valence electrons. The van der Waals surface area contributed by atoms with Gasteiger partial charge in [0.2, 0.25) is 0 Å². The lowest BCUT2D eigenvalue weighted by molar-refractivity contribution is 0.440. The van der Waals surface area contributed by atoms with Crippen molar-refractivity contribution in [3.8, 4) is 0 Å². The number of nitrogens with zero attached hydrogens (tertiary/aromatic N) is 2. The molecule has 1 heterocycles. The first-order valence-electron chi connectivity index (χ1n) is 6.09. The number of imidazole rings is 1. The van der Waals surface area contributed by atoms with Crippen molar-refractivity contribution in [3.05, 3.63) is 18.2 Å². The third-order valence-corrected chi connectivity index (χ3v) is 3.34. The van der Waals surface area contributed by atoms with Crippen LogP contribution in [0.4, 0.5) is 0 Å². The fourth-order valence-corrected chi connectivity index (χ4v) is 1.93. The van der Waals surface area contributed by atoms with Gasteiger partial charge in [0.25, 0.3) is 0 Å². The van der Waals surface area contributed by atoms with E-state index in [-0.39, 0.29) is 0 Å². The first-order valence-corrected chi connectivity index (χ1v) is 6.09. The molecule has 1 rings (SSSR count). The molecule has 2 atom stereocenters. The third kappa shape index (κ3) is 2.83. The fraction of sp³-hybridized carbons (Fsp3) is 0.769. The maximum Gasteiger partial charge on any atom is 0.0950 e. The molecule has 2 unspecified atom stereocenters. The van der Waals surface area contributed by atoms with Crippen LogP contribution < -0.4 is 0 Å². The van der Waals surface area contributed by atoms with Gasteiger partial charge in [-0.05, 0) is 19.3 Å². The average molecular weight is 208 g/mol.